The standard InChI is InChI=1S/C22H24N2O3S/c1-4-27-22(26)19-14-24(15(2)3)21(25)20(19)23-16-10-12-18(13-11-16)28-17-8-6-5-7-9-17/h5-13,15,23H,4,14H2,1-3H3. The second kappa shape index (κ2) is 8.97. The van der Waals surface area contributed by atoms with E-state index in [0.29, 0.717) is 11.3 Å². The maximum atomic E-state index is 12.8. The van der Waals surface area contributed by atoms with E-state index < -0.39 is 5.97 Å². The molecule has 0 saturated carbocycles. The van der Waals surface area contributed by atoms with Crippen molar-refractivity contribution in [1.82, 2.24) is 4.90 Å². The van der Waals surface area contributed by atoms with Gasteiger partial charge in [-0.1, -0.05) is 30.0 Å². The Morgan fingerprint density at radius 1 is 1.11 bits per heavy atom. The van der Waals surface area contributed by atoms with Crippen LogP contribution in [0.3, 0.4) is 0 Å². The highest BCUT2D eigenvalue weighted by Gasteiger charge is 2.36. The summed E-state index contributed by atoms with van der Waals surface area (Å²) >= 11 is 1.67. The number of rotatable bonds is 7. The summed E-state index contributed by atoms with van der Waals surface area (Å²) in [4.78, 5) is 29.0. The van der Waals surface area contributed by atoms with Crippen LogP contribution >= 0.6 is 11.8 Å². The number of amides is 1. The minimum Gasteiger partial charge on any atom is -0.463 e. The van der Waals surface area contributed by atoms with E-state index in [9.17, 15) is 9.59 Å². The van der Waals surface area contributed by atoms with Crippen molar-refractivity contribution in [2.45, 2.75) is 36.6 Å². The summed E-state index contributed by atoms with van der Waals surface area (Å²) in [6, 6.07) is 17.9. The summed E-state index contributed by atoms with van der Waals surface area (Å²) in [5, 5.41) is 3.13. The molecule has 6 heteroatoms. The number of hydrogen-bond acceptors (Lipinski definition) is 5. The van der Waals surface area contributed by atoms with Crippen LogP contribution < -0.4 is 5.32 Å². The van der Waals surface area contributed by atoms with Crippen LogP contribution in [0.4, 0.5) is 5.69 Å². The molecular formula is C22H24N2O3S. The third-order valence-corrected chi connectivity index (χ3v) is 5.37. The number of carbonyl (C=O) groups is 2. The fourth-order valence-corrected chi connectivity index (χ4v) is 3.74. The molecule has 0 atom stereocenters. The third-order valence-electron chi connectivity index (χ3n) is 4.35. The summed E-state index contributed by atoms with van der Waals surface area (Å²) in [6.45, 7) is 6.15. The summed E-state index contributed by atoms with van der Waals surface area (Å²) < 4.78 is 5.14. The fraction of sp³-hybridized carbons (Fsp3) is 0.273. The van der Waals surface area contributed by atoms with Gasteiger partial charge in [-0.2, -0.15) is 0 Å². The highest BCUT2D eigenvalue weighted by molar-refractivity contribution is 7.99. The van der Waals surface area contributed by atoms with Crippen molar-refractivity contribution in [3.8, 4) is 0 Å². The lowest BCUT2D eigenvalue weighted by Gasteiger charge is -2.21. The second-order valence-corrected chi connectivity index (χ2v) is 7.81. The van der Waals surface area contributed by atoms with Crippen molar-refractivity contribution in [3.05, 3.63) is 65.9 Å². The number of benzene rings is 2. The molecule has 0 fully saturated rings. The number of carbonyl (C=O) groups excluding carboxylic acids is 2. The van der Waals surface area contributed by atoms with Crippen LogP contribution in [0.5, 0.6) is 0 Å². The Morgan fingerprint density at radius 2 is 1.75 bits per heavy atom. The molecule has 1 heterocycles. The molecule has 0 spiro atoms. The molecule has 5 nitrogen and oxygen atoms in total. The summed E-state index contributed by atoms with van der Waals surface area (Å²) in [7, 11) is 0. The van der Waals surface area contributed by atoms with E-state index in [1.165, 1.54) is 0 Å². The number of nitrogens with one attached hydrogen (secondary N) is 1. The summed E-state index contributed by atoms with van der Waals surface area (Å²) in [5.41, 5.74) is 1.44. The number of esters is 1. The molecule has 1 amide bonds. The molecule has 0 radical (unpaired) electrons. The predicted molar refractivity (Wildman–Crippen MR) is 111 cm³/mol. The maximum Gasteiger partial charge on any atom is 0.338 e. The average Bonchev–Trinajstić information content (AvgIpc) is 3.01. The smallest absolute Gasteiger partial charge is 0.338 e. The molecule has 2 aromatic carbocycles. The second-order valence-electron chi connectivity index (χ2n) is 6.67. The molecule has 0 aliphatic carbocycles. The molecule has 0 unspecified atom stereocenters. The largest absolute Gasteiger partial charge is 0.463 e. The van der Waals surface area contributed by atoms with Gasteiger partial charge in [-0.15, -0.1) is 0 Å². The van der Waals surface area contributed by atoms with E-state index >= 15 is 0 Å². The minimum atomic E-state index is -0.447. The van der Waals surface area contributed by atoms with E-state index in [-0.39, 0.29) is 25.1 Å². The first-order chi connectivity index (χ1) is 13.5. The van der Waals surface area contributed by atoms with Crippen molar-refractivity contribution in [2.75, 3.05) is 18.5 Å². The third kappa shape index (κ3) is 4.57. The van der Waals surface area contributed by atoms with E-state index in [1.54, 1.807) is 23.6 Å². The zero-order valence-corrected chi connectivity index (χ0v) is 17.1. The Balaban J connectivity index is 1.78. The van der Waals surface area contributed by atoms with Crippen molar-refractivity contribution in [2.24, 2.45) is 0 Å². The minimum absolute atomic E-state index is 0.000810. The van der Waals surface area contributed by atoms with Gasteiger partial charge in [-0.3, -0.25) is 4.79 Å². The quantitative estimate of drug-likeness (QED) is 0.707. The molecule has 2 aromatic rings. The number of ether oxygens (including phenoxy) is 1. The molecule has 0 aromatic heterocycles. The summed E-state index contributed by atoms with van der Waals surface area (Å²) in [5.74, 6) is -0.626. The predicted octanol–water partition coefficient (Wildman–Crippen LogP) is 4.32. The molecular weight excluding hydrogens is 372 g/mol. The van der Waals surface area contributed by atoms with Crippen molar-refractivity contribution in [1.29, 1.82) is 0 Å². The zero-order chi connectivity index (χ0) is 20.1. The first kappa shape index (κ1) is 20.0. The van der Waals surface area contributed by atoms with Crippen molar-refractivity contribution >= 4 is 29.3 Å². The van der Waals surface area contributed by atoms with Gasteiger partial charge in [0.1, 0.15) is 5.70 Å². The summed E-state index contributed by atoms with van der Waals surface area (Å²) in [6.07, 6.45) is 0. The van der Waals surface area contributed by atoms with Gasteiger partial charge in [0.2, 0.25) is 0 Å². The van der Waals surface area contributed by atoms with Crippen LogP contribution in [0.2, 0.25) is 0 Å². The molecule has 1 aliphatic heterocycles. The monoisotopic (exact) mass is 396 g/mol. The Kier molecular flexibility index (Phi) is 6.41. The van der Waals surface area contributed by atoms with Gasteiger partial charge in [0.05, 0.1) is 18.7 Å². The lowest BCUT2D eigenvalue weighted by molar-refractivity contribution is -0.138. The highest BCUT2D eigenvalue weighted by Crippen LogP contribution is 2.29. The Bertz CT molecular complexity index is 876. The topological polar surface area (TPSA) is 58.6 Å². The van der Waals surface area contributed by atoms with Gasteiger partial charge in [0.15, 0.2) is 0 Å². The average molecular weight is 397 g/mol. The van der Waals surface area contributed by atoms with Crippen molar-refractivity contribution in [3.63, 3.8) is 0 Å². The zero-order valence-electron chi connectivity index (χ0n) is 16.3. The van der Waals surface area contributed by atoms with Gasteiger partial charge in [-0.25, -0.2) is 4.79 Å². The Morgan fingerprint density at radius 3 is 2.36 bits per heavy atom. The lowest BCUT2D eigenvalue weighted by Crippen LogP contribution is -2.34. The van der Waals surface area contributed by atoms with Gasteiger partial charge < -0.3 is 15.0 Å². The van der Waals surface area contributed by atoms with Crippen LogP contribution in [0, 0.1) is 0 Å². The fourth-order valence-electron chi connectivity index (χ4n) is 2.90. The van der Waals surface area contributed by atoms with E-state index in [1.807, 2.05) is 56.3 Å². The van der Waals surface area contributed by atoms with E-state index in [2.05, 4.69) is 17.4 Å². The Labute approximate surface area is 169 Å². The van der Waals surface area contributed by atoms with Gasteiger partial charge in [-0.05, 0) is 57.2 Å². The van der Waals surface area contributed by atoms with Crippen LogP contribution in [-0.4, -0.2) is 36.0 Å². The molecule has 28 heavy (non-hydrogen) atoms. The molecule has 1 N–H and O–H groups in total. The maximum absolute atomic E-state index is 12.8. The number of nitrogens with zero attached hydrogens (tertiary/aromatic N) is 1. The van der Waals surface area contributed by atoms with Crippen molar-refractivity contribution < 1.29 is 14.3 Å². The molecule has 1 aliphatic rings. The van der Waals surface area contributed by atoms with Gasteiger partial charge >= 0.3 is 5.97 Å². The van der Waals surface area contributed by atoms with Crippen LogP contribution in [-0.2, 0) is 14.3 Å². The number of anilines is 1. The number of hydrogen-bond donors (Lipinski definition) is 1. The molecule has 146 valence electrons. The Hall–Kier alpha value is -2.73. The van der Waals surface area contributed by atoms with Gasteiger partial charge in [0.25, 0.3) is 5.91 Å². The molecule has 3 rings (SSSR count). The van der Waals surface area contributed by atoms with Crippen LogP contribution in [0.1, 0.15) is 20.8 Å². The normalized spacial score (nSPS) is 14.0. The lowest BCUT2D eigenvalue weighted by atomic mass is 10.2. The SMILES string of the molecule is CCOC(=O)C1=C(Nc2ccc(Sc3ccccc3)cc2)C(=O)N(C(C)C)C1. The van der Waals surface area contributed by atoms with Gasteiger partial charge in [0, 0.05) is 21.5 Å². The van der Waals surface area contributed by atoms with E-state index in [4.69, 9.17) is 4.74 Å². The molecule has 0 bridgehead atoms. The van der Waals surface area contributed by atoms with Crippen LogP contribution in [0.15, 0.2) is 75.7 Å². The van der Waals surface area contributed by atoms with Crippen LogP contribution in [0.25, 0.3) is 0 Å². The van der Waals surface area contributed by atoms with E-state index in [0.717, 1.165) is 15.5 Å². The first-order valence-electron chi connectivity index (χ1n) is 9.30. The highest BCUT2D eigenvalue weighted by atomic mass is 32.2. The first-order valence-corrected chi connectivity index (χ1v) is 10.1. The molecule has 0 saturated heterocycles.